The van der Waals surface area contributed by atoms with E-state index in [1.54, 1.807) is 18.2 Å². The highest BCUT2D eigenvalue weighted by atomic mass is 32.2. The van der Waals surface area contributed by atoms with Gasteiger partial charge < -0.3 is 19.6 Å². The van der Waals surface area contributed by atoms with Crippen LogP contribution in [0.3, 0.4) is 0 Å². The molecule has 1 saturated heterocycles. The number of aromatic nitrogens is 2. The van der Waals surface area contributed by atoms with Crippen LogP contribution in [-0.2, 0) is 28.2 Å². The largest absolute Gasteiger partial charge is 0.450 e. The van der Waals surface area contributed by atoms with E-state index >= 15 is 0 Å². The Morgan fingerprint density at radius 1 is 1.21 bits per heavy atom. The zero-order chi connectivity index (χ0) is 29.0. The van der Waals surface area contributed by atoms with Crippen molar-refractivity contribution in [3.05, 3.63) is 79.6 Å². The summed E-state index contributed by atoms with van der Waals surface area (Å²) in [5.74, 6) is -0.825. The fraction of sp³-hybridized carbons (Fsp3) is 0.480. The zero-order valence-electron chi connectivity index (χ0n) is 22.6. The van der Waals surface area contributed by atoms with Crippen LogP contribution >= 0.6 is 0 Å². The molecule has 12 nitrogen and oxygen atoms in total. The van der Waals surface area contributed by atoms with Crippen molar-refractivity contribution in [2.75, 3.05) is 6.61 Å². The van der Waals surface area contributed by atoms with Crippen LogP contribution in [0.15, 0.2) is 57.2 Å². The van der Waals surface area contributed by atoms with E-state index in [0.29, 0.717) is 0 Å². The maximum Gasteiger partial charge on any atom is 0.338 e. The summed E-state index contributed by atoms with van der Waals surface area (Å²) in [5.41, 5.74) is 2.85. The van der Waals surface area contributed by atoms with E-state index in [2.05, 4.69) is 4.98 Å². The Morgan fingerprint density at radius 2 is 1.85 bits per heavy atom. The number of hydrogen-bond acceptors (Lipinski definition) is 10. The van der Waals surface area contributed by atoms with Crippen LogP contribution in [0.5, 0.6) is 0 Å². The minimum Gasteiger partial charge on any atom is -0.450 e. The van der Waals surface area contributed by atoms with Crippen molar-refractivity contribution in [2.24, 2.45) is 5.73 Å². The van der Waals surface area contributed by atoms with Crippen molar-refractivity contribution < 1.29 is 31.3 Å². The van der Waals surface area contributed by atoms with E-state index in [-0.39, 0.29) is 28.5 Å². The number of nitrogens with one attached hydrogen (secondary N) is 1. The predicted octanol–water partition coefficient (Wildman–Crippen LogP) is 1.89. The molecule has 2 aliphatic heterocycles. The van der Waals surface area contributed by atoms with Crippen molar-refractivity contribution >= 4 is 24.4 Å². The number of H-pyrrole nitrogens is 1. The molecule has 2 aromatic rings. The number of nitrogens with two attached hydrogens (primary N) is 1. The molecule has 0 bridgehead atoms. The number of hydrogen-bond donors (Lipinski definition) is 2. The molecule has 0 amide bonds. The molecule has 0 saturated carbocycles. The van der Waals surface area contributed by atoms with Gasteiger partial charge in [-0.15, -0.1) is 0 Å². The maximum absolute atomic E-state index is 13.2. The number of carbonyl (C=O) groups is 1. The Hall–Kier alpha value is -3.04. The first kappa shape index (κ1) is 29.0. The van der Waals surface area contributed by atoms with Crippen molar-refractivity contribution in [2.45, 2.75) is 69.9 Å². The molecule has 2 unspecified atom stereocenters. The Kier molecular flexibility index (Phi) is 7.32. The summed E-state index contributed by atoms with van der Waals surface area (Å²) in [5, 5.41) is 0.538. The molecule has 1 fully saturated rings. The summed E-state index contributed by atoms with van der Waals surface area (Å²) in [6, 6.07) is 8.00. The molecule has 2 aliphatic rings. The van der Waals surface area contributed by atoms with Gasteiger partial charge in [0.1, 0.15) is 6.10 Å². The van der Waals surface area contributed by atoms with Crippen molar-refractivity contribution in [3.63, 3.8) is 0 Å². The monoisotopic (exact) mass is 579 g/mol. The highest BCUT2D eigenvalue weighted by molar-refractivity contribution is 7.90. The molecule has 39 heavy (non-hydrogen) atoms. The lowest BCUT2D eigenvalue weighted by molar-refractivity contribution is -0.0593. The van der Waals surface area contributed by atoms with Gasteiger partial charge in [-0.05, 0) is 37.2 Å². The van der Waals surface area contributed by atoms with Crippen LogP contribution in [0.2, 0.25) is 18.1 Å². The summed E-state index contributed by atoms with van der Waals surface area (Å²) < 4.78 is 50.4. The van der Waals surface area contributed by atoms with E-state index in [0.717, 1.165) is 9.98 Å². The third kappa shape index (κ3) is 5.26. The Morgan fingerprint density at radius 3 is 2.41 bits per heavy atom. The van der Waals surface area contributed by atoms with Crippen molar-refractivity contribution in [3.8, 4) is 0 Å². The molecule has 3 N–H and O–H groups in total. The topological polar surface area (TPSA) is 169 Å². The lowest BCUT2D eigenvalue weighted by Gasteiger charge is -2.39. The van der Waals surface area contributed by atoms with Gasteiger partial charge in [-0.1, -0.05) is 39.0 Å². The lowest BCUT2D eigenvalue weighted by atomic mass is 9.89. The van der Waals surface area contributed by atoms with Crippen LogP contribution in [0.25, 0.3) is 0 Å². The van der Waals surface area contributed by atoms with Gasteiger partial charge in [0.2, 0.25) is 0 Å². The fourth-order valence-electron chi connectivity index (χ4n) is 4.25. The second-order valence-corrected chi connectivity index (χ2v) is 17.4. The van der Waals surface area contributed by atoms with Gasteiger partial charge in [-0.25, -0.2) is 13.8 Å². The Labute approximate surface area is 227 Å². The molecule has 0 radical (unpaired) electrons. The van der Waals surface area contributed by atoms with Gasteiger partial charge in [0.05, 0.1) is 23.3 Å². The third-order valence-corrected chi connectivity index (χ3v) is 13.1. The molecule has 1 spiro atoms. The maximum atomic E-state index is 13.2. The minimum absolute atomic E-state index is 0.167. The quantitative estimate of drug-likeness (QED) is 0.293. The highest BCUT2D eigenvalue weighted by Gasteiger charge is 2.67. The third-order valence-electron chi connectivity index (χ3n) is 7.51. The van der Waals surface area contributed by atoms with Crippen molar-refractivity contribution in [1.82, 2.24) is 9.55 Å². The van der Waals surface area contributed by atoms with E-state index < -0.39 is 59.7 Å². The van der Waals surface area contributed by atoms with E-state index in [1.807, 2.05) is 33.9 Å². The van der Waals surface area contributed by atoms with Crippen molar-refractivity contribution in [1.29, 1.82) is 0 Å². The minimum atomic E-state index is -4.31. The van der Waals surface area contributed by atoms with Crippen LogP contribution in [-0.4, -0.2) is 56.7 Å². The molecule has 212 valence electrons. The first-order valence-corrected chi connectivity index (χ1v) is 16.7. The SMILES string of the molecule is Cc1cn([C@@H]2OC(CO[Si](C)(C)C(C)(C)C)C3(OS(=O)(=O)C=C3N)[C@H]2OC(=O)c2ccccc2)c(=O)[nH]c1=O. The molecule has 14 heteroatoms. The van der Waals surface area contributed by atoms with E-state index in [4.69, 9.17) is 23.8 Å². The first-order chi connectivity index (χ1) is 18.0. The second-order valence-electron chi connectivity index (χ2n) is 11.2. The van der Waals surface area contributed by atoms with Gasteiger partial charge in [-0.2, -0.15) is 8.42 Å². The average Bonchev–Trinajstić information content (AvgIpc) is 3.26. The fourth-order valence-corrected chi connectivity index (χ4v) is 6.48. The molecule has 4 rings (SSSR count). The number of ether oxygens (including phenoxy) is 2. The molecule has 1 aromatic heterocycles. The van der Waals surface area contributed by atoms with Gasteiger partial charge in [0.25, 0.3) is 15.7 Å². The standard InChI is InChI=1S/C25H33N3O9SSi/c1-15-12-28(23(31)27-20(15)29)21-19(36-22(30)16-10-8-7-9-11-16)25(17(26)14-38(32,33)37-25)18(35-21)13-34-39(5,6)24(2,3)4/h7-12,14,18-19,21H,13,26H2,1-6H3,(H,27,29,31)/t18?,19-,21+,25?/m0/s1. The predicted molar refractivity (Wildman–Crippen MR) is 144 cm³/mol. The van der Waals surface area contributed by atoms with Gasteiger partial charge >= 0.3 is 11.7 Å². The lowest BCUT2D eigenvalue weighted by Crippen LogP contribution is -2.56. The summed E-state index contributed by atoms with van der Waals surface area (Å²) in [6.07, 6.45) is -2.95. The first-order valence-electron chi connectivity index (χ1n) is 12.3. The number of carbonyl (C=O) groups excluding carboxylic acids is 1. The summed E-state index contributed by atoms with van der Waals surface area (Å²) >= 11 is 0. The van der Waals surface area contributed by atoms with Crippen LogP contribution in [0.4, 0.5) is 0 Å². The summed E-state index contributed by atoms with van der Waals surface area (Å²) in [6.45, 7) is 11.4. The van der Waals surface area contributed by atoms with Crippen LogP contribution in [0, 0.1) is 6.92 Å². The average molecular weight is 580 g/mol. The van der Waals surface area contributed by atoms with Gasteiger partial charge in [-0.3, -0.25) is 14.3 Å². The molecule has 0 aliphatic carbocycles. The molecular formula is C25H33N3O9SSi. The number of aromatic amines is 1. The number of aryl methyl sites for hydroxylation is 1. The Balaban J connectivity index is 1.86. The molecule has 4 atom stereocenters. The second kappa shape index (κ2) is 9.85. The zero-order valence-corrected chi connectivity index (χ0v) is 24.4. The Bertz CT molecular complexity index is 1530. The van der Waals surface area contributed by atoms with Gasteiger partial charge in [0.15, 0.2) is 26.3 Å². The number of nitrogens with zero attached hydrogens (tertiary/aromatic N) is 1. The van der Waals surface area contributed by atoms with E-state index in [1.165, 1.54) is 25.3 Å². The number of rotatable bonds is 6. The summed E-state index contributed by atoms with van der Waals surface area (Å²) in [7, 11) is -6.72. The highest BCUT2D eigenvalue weighted by Crippen LogP contribution is 2.49. The van der Waals surface area contributed by atoms with E-state index in [9.17, 15) is 22.8 Å². The molecule has 3 heterocycles. The smallest absolute Gasteiger partial charge is 0.338 e. The normalized spacial score (nSPS) is 26.5. The number of esters is 1. The number of benzene rings is 1. The molecular weight excluding hydrogens is 546 g/mol. The summed E-state index contributed by atoms with van der Waals surface area (Å²) in [4.78, 5) is 40.4. The van der Waals surface area contributed by atoms with Gasteiger partial charge in [0, 0.05) is 11.8 Å². The van der Waals surface area contributed by atoms with Crippen LogP contribution < -0.4 is 17.0 Å². The molecule has 1 aromatic carbocycles. The van der Waals surface area contributed by atoms with Crippen LogP contribution in [0.1, 0.15) is 42.9 Å².